The fraction of sp³-hybridized carbons (Fsp3) is 0.375. The van der Waals surface area contributed by atoms with Gasteiger partial charge in [0.05, 0.1) is 11.4 Å². The molecule has 2 N–H and O–H groups in total. The molecule has 1 amide bonds. The molecular formula is C8H11N3O3. The third-order valence-electron chi connectivity index (χ3n) is 1.55. The van der Waals surface area contributed by atoms with Crippen molar-refractivity contribution in [1.82, 2.24) is 9.78 Å². The summed E-state index contributed by atoms with van der Waals surface area (Å²) < 4.78 is 1.27. The minimum Gasteiger partial charge on any atom is -0.480 e. The Balaban J connectivity index is 2.81. The summed E-state index contributed by atoms with van der Waals surface area (Å²) in [7, 11) is 0. The lowest BCUT2D eigenvalue weighted by Gasteiger charge is -1.96. The van der Waals surface area contributed by atoms with Crippen LogP contribution >= 0.6 is 0 Å². The van der Waals surface area contributed by atoms with E-state index in [9.17, 15) is 9.59 Å². The Hall–Kier alpha value is -1.85. The van der Waals surface area contributed by atoms with Crippen LogP contribution in [0.2, 0.25) is 0 Å². The monoisotopic (exact) mass is 197 g/mol. The van der Waals surface area contributed by atoms with Gasteiger partial charge in [0, 0.05) is 13.1 Å². The van der Waals surface area contributed by atoms with Crippen LogP contribution in [0.25, 0.3) is 0 Å². The summed E-state index contributed by atoms with van der Waals surface area (Å²) in [6.07, 6.45) is 1.49. The molecule has 0 unspecified atom stereocenters. The first-order chi connectivity index (χ1) is 6.49. The molecule has 0 radical (unpaired) electrons. The van der Waals surface area contributed by atoms with E-state index in [0.29, 0.717) is 11.4 Å². The van der Waals surface area contributed by atoms with E-state index < -0.39 is 5.97 Å². The van der Waals surface area contributed by atoms with Crippen molar-refractivity contribution in [1.29, 1.82) is 0 Å². The van der Waals surface area contributed by atoms with Gasteiger partial charge in [-0.3, -0.25) is 14.3 Å². The lowest BCUT2D eigenvalue weighted by Crippen LogP contribution is -2.09. The van der Waals surface area contributed by atoms with E-state index in [4.69, 9.17) is 5.11 Å². The fourth-order valence-electron chi connectivity index (χ4n) is 1.05. The summed E-state index contributed by atoms with van der Waals surface area (Å²) in [5.74, 6) is -1.18. The zero-order valence-corrected chi connectivity index (χ0v) is 7.94. The number of carboxylic acid groups (broad SMARTS) is 1. The van der Waals surface area contributed by atoms with Crippen molar-refractivity contribution in [3.05, 3.63) is 11.9 Å². The molecule has 0 atom stereocenters. The summed E-state index contributed by atoms with van der Waals surface area (Å²) in [5.41, 5.74) is 1.14. The summed E-state index contributed by atoms with van der Waals surface area (Å²) in [6, 6.07) is 0. The van der Waals surface area contributed by atoms with Crippen molar-refractivity contribution in [2.24, 2.45) is 0 Å². The van der Waals surface area contributed by atoms with Gasteiger partial charge in [0.1, 0.15) is 6.54 Å². The minimum atomic E-state index is -0.970. The van der Waals surface area contributed by atoms with E-state index in [0.717, 1.165) is 0 Å². The van der Waals surface area contributed by atoms with Gasteiger partial charge in [0.25, 0.3) is 0 Å². The van der Waals surface area contributed by atoms with Gasteiger partial charge in [-0.05, 0) is 6.92 Å². The van der Waals surface area contributed by atoms with Crippen molar-refractivity contribution in [2.75, 3.05) is 5.32 Å². The molecule has 0 aliphatic heterocycles. The summed E-state index contributed by atoms with van der Waals surface area (Å²) in [4.78, 5) is 21.1. The average molecular weight is 197 g/mol. The molecule has 0 fully saturated rings. The highest BCUT2D eigenvalue weighted by Crippen LogP contribution is 2.11. The van der Waals surface area contributed by atoms with Crippen LogP contribution < -0.4 is 5.32 Å². The number of anilines is 1. The molecule has 76 valence electrons. The molecule has 1 aromatic heterocycles. The highest BCUT2D eigenvalue weighted by atomic mass is 16.4. The number of hydrogen-bond donors (Lipinski definition) is 2. The number of aromatic nitrogens is 2. The number of amides is 1. The zero-order valence-electron chi connectivity index (χ0n) is 7.94. The molecular weight excluding hydrogens is 186 g/mol. The summed E-state index contributed by atoms with van der Waals surface area (Å²) >= 11 is 0. The first kappa shape index (κ1) is 10.2. The number of nitrogens with zero attached hydrogens (tertiary/aromatic N) is 2. The summed E-state index contributed by atoms with van der Waals surface area (Å²) in [5, 5.41) is 15.0. The fourth-order valence-corrected chi connectivity index (χ4v) is 1.05. The van der Waals surface area contributed by atoms with Gasteiger partial charge >= 0.3 is 5.97 Å². The van der Waals surface area contributed by atoms with E-state index >= 15 is 0 Å². The number of nitrogens with one attached hydrogen (secondary N) is 1. The Kier molecular flexibility index (Phi) is 2.85. The Morgan fingerprint density at radius 2 is 2.29 bits per heavy atom. The highest BCUT2D eigenvalue weighted by Gasteiger charge is 2.07. The van der Waals surface area contributed by atoms with Gasteiger partial charge in [0.2, 0.25) is 5.91 Å². The van der Waals surface area contributed by atoms with E-state index in [1.165, 1.54) is 17.8 Å². The molecule has 1 heterocycles. The molecule has 0 bridgehead atoms. The first-order valence-corrected chi connectivity index (χ1v) is 4.02. The molecule has 1 aromatic rings. The molecule has 0 aliphatic rings. The molecule has 0 saturated heterocycles. The minimum absolute atomic E-state index is 0.206. The lowest BCUT2D eigenvalue weighted by molar-refractivity contribution is -0.137. The number of aryl methyl sites for hydroxylation is 1. The number of hydrogen-bond acceptors (Lipinski definition) is 3. The first-order valence-electron chi connectivity index (χ1n) is 4.02. The predicted molar refractivity (Wildman–Crippen MR) is 48.9 cm³/mol. The molecule has 6 heteroatoms. The van der Waals surface area contributed by atoms with Crippen LogP contribution in [0.5, 0.6) is 0 Å². The summed E-state index contributed by atoms with van der Waals surface area (Å²) in [6.45, 7) is 2.87. The topological polar surface area (TPSA) is 84.2 Å². The molecule has 0 spiro atoms. The Bertz CT molecular complexity index is 370. The van der Waals surface area contributed by atoms with Gasteiger partial charge in [-0.25, -0.2) is 0 Å². The van der Waals surface area contributed by atoms with Gasteiger partial charge in [-0.2, -0.15) is 5.10 Å². The smallest absolute Gasteiger partial charge is 0.325 e. The van der Waals surface area contributed by atoms with E-state index in [2.05, 4.69) is 10.4 Å². The van der Waals surface area contributed by atoms with Crippen LogP contribution in [-0.2, 0) is 16.1 Å². The van der Waals surface area contributed by atoms with E-state index in [-0.39, 0.29) is 12.5 Å². The average Bonchev–Trinajstić information content (AvgIpc) is 2.28. The van der Waals surface area contributed by atoms with Crippen molar-refractivity contribution in [2.45, 2.75) is 20.4 Å². The van der Waals surface area contributed by atoms with Crippen LogP contribution in [0, 0.1) is 6.92 Å². The van der Waals surface area contributed by atoms with Gasteiger partial charge in [-0.15, -0.1) is 0 Å². The lowest BCUT2D eigenvalue weighted by atomic mass is 10.4. The van der Waals surface area contributed by atoms with Crippen molar-refractivity contribution < 1.29 is 14.7 Å². The maximum absolute atomic E-state index is 10.7. The number of rotatable bonds is 3. The maximum Gasteiger partial charge on any atom is 0.325 e. The Morgan fingerprint density at radius 3 is 2.79 bits per heavy atom. The standard InChI is InChI=1S/C8H11N3O3/c1-5-7(9-6(2)12)3-11(10-5)4-8(13)14/h3H,4H2,1-2H3,(H,9,12)(H,13,14). The van der Waals surface area contributed by atoms with Crippen LogP contribution in [0.4, 0.5) is 5.69 Å². The van der Waals surface area contributed by atoms with Crippen LogP contribution in [0.15, 0.2) is 6.20 Å². The third kappa shape index (κ3) is 2.58. The van der Waals surface area contributed by atoms with Gasteiger partial charge in [0.15, 0.2) is 0 Å². The van der Waals surface area contributed by atoms with Crippen LogP contribution in [0.1, 0.15) is 12.6 Å². The quantitative estimate of drug-likeness (QED) is 0.726. The molecule has 14 heavy (non-hydrogen) atoms. The second-order valence-electron chi connectivity index (χ2n) is 2.90. The highest BCUT2D eigenvalue weighted by molar-refractivity contribution is 5.89. The number of carbonyl (C=O) groups excluding carboxylic acids is 1. The molecule has 6 nitrogen and oxygen atoms in total. The second-order valence-corrected chi connectivity index (χ2v) is 2.90. The molecule has 0 aliphatic carbocycles. The van der Waals surface area contributed by atoms with Crippen LogP contribution in [0.3, 0.4) is 0 Å². The largest absolute Gasteiger partial charge is 0.480 e. The zero-order chi connectivity index (χ0) is 10.7. The maximum atomic E-state index is 10.7. The molecule has 0 saturated carbocycles. The van der Waals surface area contributed by atoms with Crippen molar-refractivity contribution >= 4 is 17.6 Å². The van der Waals surface area contributed by atoms with Crippen molar-refractivity contribution in [3.63, 3.8) is 0 Å². The number of carboxylic acids is 1. The SMILES string of the molecule is CC(=O)Nc1cn(CC(=O)O)nc1C. The van der Waals surface area contributed by atoms with E-state index in [1.807, 2.05) is 0 Å². The second kappa shape index (κ2) is 3.91. The number of carbonyl (C=O) groups is 2. The Labute approximate surface area is 80.5 Å². The van der Waals surface area contributed by atoms with Gasteiger partial charge in [-0.1, -0.05) is 0 Å². The molecule has 1 rings (SSSR count). The number of aliphatic carboxylic acids is 1. The van der Waals surface area contributed by atoms with Crippen molar-refractivity contribution in [3.8, 4) is 0 Å². The van der Waals surface area contributed by atoms with Gasteiger partial charge < -0.3 is 10.4 Å². The Morgan fingerprint density at radius 1 is 1.64 bits per heavy atom. The van der Waals surface area contributed by atoms with Crippen LogP contribution in [-0.4, -0.2) is 26.8 Å². The normalized spacial score (nSPS) is 9.86. The van der Waals surface area contributed by atoms with E-state index in [1.54, 1.807) is 6.92 Å². The predicted octanol–water partition coefficient (Wildman–Crippen LogP) is 0.235. The third-order valence-corrected chi connectivity index (χ3v) is 1.55. The molecule has 0 aromatic carbocycles.